The van der Waals surface area contributed by atoms with E-state index in [1.54, 1.807) is 25.1 Å². The first-order valence-electron chi connectivity index (χ1n) is 7.59. The smallest absolute Gasteiger partial charge is 0.344 e. The minimum Gasteiger partial charge on any atom is -0.481 e. The Kier molecular flexibility index (Phi) is 7.71. The van der Waals surface area contributed by atoms with Gasteiger partial charge in [0.25, 0.3) is 5.91 Å². The van der Waals surface area contributed by atoms with Crippen molar-refractivity contribution in [2.24, 2.45) is 5.92 Å². The molecule has 0 saturated carbocycles. The predicted molar refractivity (Wildman–Crippen MR) is 97.2 cm³/mol. The molecule has 2 atom stereocenters. The van der Waals surface area contributed by atoms with Crippen LogP contribution in [-0.4, -0.2) is 30.1 Å². The molecule has 0 spiro atoms. The van der Waals surface area contributed by atoms with Crippen molar-refractivity contribution >= 4 is 39.4 Å². The van der Waals surface area contributed by atoms with E-state index in [9.17, 15) is 14.9 Å². The van der Waals surface area contributed by atoms with Gasteiger partial charge in [0.05, 0.1) is 10.5 Å². The molecule has 1 rings (SSSR count). The normalized spacial score (nSPS) is 14.2. The van der Waals surface area contributed by atoms with E-state index in [1.807, 2.05) is 13.8 Å². The van der Waals surface area contributed by atoms with Gasteiger partial charge in [0.15, 0.2) is 12.7 Å². The van der Waals surface area contributed by atoms with E-state index >= 15 is 0 Å². The van der Waals surface area contributed by atoms with Crippen LogP contribution in [-0.2, 0) is 14.3 Å². The molecule has 0 aromatic heterocycles. The third kappa shape index (κ3) is 6.22. The first-order valence-corrected chi connectivity index (χ1v) is 8.76. The van der Waals surface area contributed by atoms with Gasteiger partial charge in [-0.3, -0.25) is 4.79 Å². The SMILES string of the molecule is CC(OC(=O)COc1ccc(Cl)cc1Br)C(=O)NC(C)(C#N)C(C)C. The molecule has 0 saturated heterocycles. The van der Waals surface area contributed by atoms with Crippen molar-refractivity contribution < 1.29 is 19.1 Å². The minimum absolute atomic E-state index is 0.102. The first kappa shape index (κ1) is 21.3. The van der Waals surface area contributed by atoms with E-state index < -0.39 is 23.5 Å². The Hall–Kier alpha value is -1.78. The van der Waals surface area contributed by atoms with Crippen molar-refractivity contribution in [1.29, 1.82) is 5.26 Å². The zero-order valence-electron chi connectivity index (χ0n) is 14.4. The maximum Gasteiger partial charge on any atom is 0.344 e. The summed E-state index contributed by atoms with van der Waals surface area (Å²) in [5, 5.41) is 12.3. The van der Waals surface area contributed by atoms with Gasteiger partial charge in [0, 0.05) is 5.02 Å². The Morgan fingerprint density at radius 2 is 2.04 bits per heavy atom. The largest absolute Gasteiger partial charge is 0.481 e. The molecule has 2 unspecified atom stereocenters. The Balaban J connectivity index is 2.56. The molecule has 1 N–H and O–H groups in total. The number of benzene rings is 1. The summed E-state index contributed by atoms with van der Waals surface area (Å²) in [4.78, 5) is 24.0. The van der Waals surface area contributed by atoms with E-state index in [-0.39, 0.29) is 12.5 Å². The molecule has 0 bridgehead atoms. The molecule has 6 nitrogen and oxygen atoms in total. The number of carbonyl (C=O) groups excluding carboxylic acids is 2. The topological polar surface area (TPSA) is 88.4 Å². The average molecular weight is 432 g/mol. The molecular formula is C17H20BrClN2O4. The number of hydrogen-bond donors (Lipinski definition) is 1. The third-order valence-corrected chi connectivity index (χ3v) is 4.54. The zero-order chi connectivity index (χ0) is 19.2. The number of amides is 1. The lowest BCUT2D eigenvalue weighted by Gasteiger charge is -2.28. The summed E-state index contributed by atoms with van der Waals surface area (Å²) in [7, 11) is 0. The highest BCUT2D eigenvalue weighted by molar-refractivity contribution is 9.10. The lowest BCUT2D eigenvalue weighted by molar-refractivity contribution is -0.157. The predicted octanol–water partition coefficient (Wildman–Crippen LogP) is 3.47. The van der Waals surface area contributed by atoms with Crippen LogP contribution in [0.2, 0.25) is 5.02 Å². The fourth-order valence-electron chi connectivity index (χ4n) is 1.67. The number of esters is 1. The van der Waals surface area contributed by atoms with Crippen molar-refractivity contribution in [3.05, 3.63) is 27.7 Å². The first-order chi connectivity index (χ1) is 11.6. The highest BCUT2D eigenvalue weighted by Gasteiger charge is 2.32. The van der Waals surface area contributed by atoms with Crippen molar-refractivity contribution in [2.75, 3.05) is 6.61 Å². The van der Waals surface area contributed by atoms with Gasteiger partial charge in [-0.1, -0.05) is 25.4 Å². The molecule has 1 aromatic rings. The second kappa shape index (κ2) is 9.07. The summed E-state index contributed by atoms with van der Waals surface area (Å²) in [6, 6.07) is 6.92. The lowest BCUT2D eigenvalue weighted by atomic mass is 9.90. The van der Waals surface area contributed by atoms with Crippen LogP contribution in [0.3, 0.4) is 0 Å². The number of nitrogens with zero attached hydrogens (tertiary/aromatic N) is 1. The van der Waals surface area contributed by atoms with E-state index in [0.29, 0.717) is 15.2 Å². The van der Waals surface area contributed by atoms with Gasteiger partial charge in [-0.15, -0.1) is 0 Å². The molecule has 0 radical (unpaired) electrons. The van der Waals surface area contributed by atoms with Crippen LogP contribution in [0, 0.1) is 17.2 Å². The molecule has 0 aliphatic carbocycles. The number of hydrogen-bond acceptors (Lipinski definition) is 5. The standard InChI is InChI=1S/C17H20BrClN2O4/c1-10(2)17(4,9-20)21-16(23)11(3)25-15(22)8-24-14-6-5-12(19)7-13(14)18/h5-7,10-11H,8H2,1-4H3,(H,21,23). The molecule has 8 heteroatoms. The van der Waals surface area contributed by atoms with Crippen LogP contribution in [0.1, 0.15) is 27.7 Å². The summed E-state index contributed by atoms with van der Waals surface area (Å²) >= 11 is 9.10. The monoisotopic (exact) mass is 430 g/mol. The molecule has 25 heavy (non-hydrogen) atoms. The van der Waals surface area contributed by atoms with E-state index in [4.69, 9.17) is 21.1 Å². The maximum atomic E-state index is 12.1. The van der Waals surface area contributed by atoms with Crippen LogP contribution in [0.5, 0.6) is 5.75 Å². The van der Waals surface area contributed by atoms with Crippen LogP contribution < -0.4 is 10.1 Å². The number of halogens is 2. The molecule has 0 fully saturated rings. The zero-order valence-corrected chi connectivity index (χ0v) is 16.8. The van der Waals surface area contributed by atoms with Gasteiger partial charge in [-0.2, -0.15) is 5.26 Å². The van der Waals surface area contributed by atoms with Crippen molar-refractivity contribution in [3.8, 4) is 11.8 Å². The summed E-state index contributed by atoms with van der Waals surface area (Å²) in [5.74, 6) is -0.920. The number of carbonyl (C=O) groups is 2. The Labute approximate surface area is 160 Å². The van der Waals surface area contributed by atoms with Crippen LogP contribution in [0.15, 0.2) is 22.7 Å². The van der Waals surface area contributed by atoms with Gasteiger partial charge in [-0.05, 0) is 53.9 Å². The molecule has 1 aromatic carbocycles. The Morgan fingerprint density at radius 1 is 1.40 bits per heavy atom. The van der Waals surface area contributed by atoms with Gasteiger partial charge in [0.2, 0.25) is 0 Å². The summed E-state index contributed by atoms with van der Waals surface area (Å²) < 4.78 is 11.0. The number of nitrogens with one attached hydrogen (secondary N) is 1. The van der Waals surface area contributed by atoms with Crippen molar-refractivity contribution in [3.63, 3.8) is 0 Å². The minimum atomic E-state index is -1.05. The van der Waals surface area contributed by atoms with Crippen molar-refractivity contribution in [1.82, 2.24) is 5.32 Å². The highest BCUT2D eigenvalue weighted by Crippen LogP contribution is 2.27. The molecule has 136 valence electrons. The molecule has 0 aliphatic heterocycles. The summed E-state index contributed by atoms with van der Waals surface area (Å²) in [6.07, 6.45) is -1.05. The summed E-state index contributed by atoms with van der Waals surface area (Å²) in [6.45, 7) is 6.32. The fraction of sp³-hybridized carbons (Fsp3) is 0.471. The number of rotatable bonds is 7. The van der Waals surface area contributed by atoms with Crippen molar-refractivity contribution in [2.45, 2.75) is 39.3 Å². The molecule has 1 amide bonds. The Bertz CT molecular complexity index is 690. The number of ether oxygens (including phenoxy) is 2. The van der Waals surface area contributed by atoms with E-state index in [1.165, 1.54) is 6.92 Å². The highest BCUT2D eigenvalue weighted by atomic mass is 79.9. The van der Waals surface area contributed by atoms with Gasteiger partial charge >= 0.3 is 5.97 Å². The van der Waals surface area contributed by atoms with Crippen LogP contribution in [0.25, 0.3) is 0 Å². The van der Waals surface area contributed by atoms with Gasteiger partial charge in [0.1, 0.15) is 11.3 Å². The van der Waals surface area contributed by atoms with Gasteiger partial charge in [-0.25, -0.2) is 4.79 Å². The molecule has 0 aliphatic rings. The summed E-state index contributed by atoms with van der Waals surface area (Å²) in [5.41, 5.74) is -1.04. The lowest BCUT2D eigenvalue weighted by Crippen LogP contribution is -2.52. The quantitative estimate of drug-likeness (QED) is 0.668. The molecule has 0 heterocycles. The Morgan fingerprint density at radius 3 is 2.56 bits per heavy atom. The van der Waals surface area contributed by atoms with Crippen LogP contribution >= 0.6 is 27.5 Å². The fourth-order valence-corrected chi connectivity index (χ4v) is 2.47. The van der Waals surface area contributed by atoms with E-state index in [0.717, 1.165) is 0 Å². The maximum absolute atomic E-state index is 12.1. The van der Waals surface area contributed by atoms with Crippen LogP contribution in [0.4, 0.5) is 0 Å². The van der Waals surface area contributed by atoms with E-state index in [2.05, 4.69) is 27.3 Å². The second-order valence-electron chi connectivity index (χ2n) is 5.95. The van der Waals surface area contributed by atoms with Gasteiger partial charge < -0.3 is 14.8 Å². The second-order valence-corrected chi connectivity index (χ2v) is 7.24. The average Bonchev–Trinajstić information content (AvgIpc) is 2.53. The molecular weight excluding hydrogens is 412 g/mol. The number of nitriles is 1. The third-order valence-electron chi connectivity index (χ3n) is 3.69.